The fourth-order valence-electron chi connectivity index (χ4n) is 1.44. The van der Waals surface area contributed by atoms with Gasteiger partial charge in [-0.05, 0) is 12.1 Å². The van der Waals surface area contributed by atoms with Crippen molar-refractivity contribution in [1.29, 1.82) is 0 Å². The minimum absolute atomic E-state index is 0.419. The standard InChI is InChI=1S/C12H7F2N3O3/c13-6-1-2-7(14)8(5-6)17-11(18)9-10(12(19)20)16-4-3-15-9/h1-5H,(H,17,18)(H,19,20). The quantitative estimate of drug-likeness (QED) is 0.892. The number of hydrogen-bond donors (Lipinski definition) is 2. The number of carbonyl (C=O) groups excluding carboxylic acids is 1. The third kappa shape index (κ3) is 2.74. The van der Waals surface area contributed by atoms with E-state index in [2.05, 4.69) is 9.97 Å². The summed E-state index contributed by atoms with van der Waals surface area (Å²) in [5.41, 5.74) is -1.50. The smallest absolute Gasteiger partial charge is 0.356 e. The van der Waals surface area contributed by atoms with Gasteiger partial charge in [-0.2, -0.15) is 0 Å². The number of amides is 1. The highest BCUT2D eigenvalue weighted by atomic mass is 19.1. The average molecular weight is 279 g/mol. The molecule has 0 radical (unpaired) electrons. The number of nitrogens with zero attached hydrogens (tertiary/aromatic N) is 2. The predicted octanol–water partition coefficient (Wildman–Crippen LogP) is 1.71. The van der Waals surface area contributed by atoms with Crippen molar-refractivity contribution in [3.63, 3.8) is 0 Å². The number of aromatic nitrogens is 2. The Bertz CT molecular complexity index is 691. The van der Waals surface area contributed by atoms with E-state index < -0.39 is 40.6 Å². The summed E-state index contributed by atoms with van der Waals surface area (Å²) in [6.07, 6.45) is 2.21. The van der Waals surface area contributed by atoms with Crippen molar-refractivity contribution >= 4 is 17.6 Å². The monoisotopic (exact) mass is 279 g/mol. The zero-order chi connectivity index (χ0) is 14.7. The van der Waals surface area contributed by atoms with E-state index >= 15 is 0 Å². The minimum Gasteiger partial charge on any atom is -0.476 e. The van der Waals surface area contributed by atoms with Crippen molar-refractivity contribution < 1.29 is 23.5 Å². The van der Waals surface area contributed by atoms with Crippen LogP contribution in [0.1, 0.15) is 21.0 Å². The van der Waals surface area contributed by atoms with E-state index in [4.69, 9.17) is 5.11 Å². The Balaban J connectivity index is 2.33. The van der Waals surface area contributed by atoms with Gasteiger partial charge < -0.3 is 10.4 Å². The molecular weight excluding hydrogens is 272 g/mol. The van der Waals surface area contributed by atoms with Gasteiger partial charge in [0.15, 0.2) is 11.4 Å². The number of halogens is 2. The van der Waals surface area contributed by atoms with Crippen molar-refractivity contribution in [1.82, 2.24) is 9.97 Å². The van der Waals surface area contributed by atoms with Crippen molar-refractivity contribution in [3.05, 3.63) is 53.6 Å². The van der Waals surface area contributed by atoms with Crippen LogP contribution in [0.25, 0.3) is 0 Å². The van der Waals surface area contributed by atoms with Gasteiger partial charge in [0, 0.05) is 18.5 Å². The number of nitrogens with one attached hydrogen (secondary N) is 1. The van der Waals surface area contributed by atoms with E-state index in [9.17, 15) is 18.4 Å². The summed E-state index contributed by atoms with van der Waals surface area (Å²) in [5, 5.41) is 10.9. The van der Waals surface area contributed by atoms with Gasteiger partial charge in [-0.3, -0.25) is 4.79 Å². The lowest BCUT2D eigenvalue weighted by molar-refractivity contribution is 0.0685. The molecule has 6 nitrogen and oxygen atoms in total. The van der Waals surface area contributed by atoms with E-state index in [1.54, 1.807) is 0 Å². The molecule has 0 unspecified atom stereocenters. The molecule has 0 aliphatic heterocycles. The van der Waals surface area contributed by atoms with E-state index in [1.807, 2.05) is 5.32 Å². The minimum atomic E-state index is -1.46. The van der Waals surface area contributed by atoms with E-state index in [0.717, 1.165) is 30.6 Å². The van der Waals surface area contributed by atoms with Crippen LogP contribution in [0.5, 0.6) is 0 Å². The van der Waals surface area contributed by atoms with Crippen molar-refractivity contribution in [3.8, 4) is 0 Å². The molecule has 0 aliphatic carbocycles. The average Bonchev–Trinajstić information content (AvgIpc) is 2.42. The Labute approximate surface area is 111 Å². The molecule has 8 heteroatoms. The summed E-state index contributed by atoms with van der Waals surface area (Å²) in [6, 6.07) is 2.49. The second-order valence-electron chi connectivity index (χ2n) is 3.64. The molecule has 0 atom stereocenters. The van der Waals surface area contributed by atoms with Gasteiger partial charge in [-0.1, -0.05) is 0 Å². The molecule has 102 valence electrons. The maximum absolute atomic E-state index is 13.4. The first-order valence-electron chi connectivity index (χ1n) is 5.29. The van der Waals surface area contributed by atoms with Crippen molar-refractivity contribution in [2.45, 2.75) is 0 Å². The Morgan fingerprint density at radius 2 is 1.75 bits per heavy atom. The Hall–Kier alpha value is -2.90. The van der Waals surface area contributed by atoms with Crippen LogP contribution >= 0.6 is 0 Å². The highest BCUT2D eigenvalue weighted by molar-refractivity contribution is 6.08. The van der Waals surface area contributed by atoms with Gasteiger partial charge >= 0.3 is 5.97 Å². The third-order valence-electron chi connectivity index (χ3n) is 2.29. The molecule has 1 aromatic heterocycles. The number of anilines is 1. The lowest BCUT2D eigenvalue weighted by Crippen LogP contribution is -2.20. The number of hydrogen-bond acceptors (Lipinski definition) is 4. The van der Waals surface area contributed by atoms with E-state index in [-0.39, 0.29) is 0 Å². The molecule has 0 saturated carbocycles. The highest BCUT2D eigenvalue weighted by Crippen LogP contribution is 2.16. The summed E-state index contributed by atoms with van der Waals surface area (Å²) in [5.74, 6) is -4.07. The largest absolute Gasteiger partial charge is 0.476 e. The van der Waals surface area contributed by atoms with Crippen LogP contribution in [-0.4, -0.2) is 27.0 Å². The second kappa shape index (κ2) is 5.39. The SMILES string of the molecule is O=C(O)c1nccnc1C(=O)Nc1cc(F)ccc1F. The number of rotatable bonds is 3. The van der Waals surface area contributed by atoms with Crippen LogP contribution in [0.3, 0.4) is 0 Å². The molecule has 2 aromatic rings. The fourth-order valence-corrected chi connectivity index (χ4v) is 1.44. The summed E-state index contributed by atoms with van der Waals surface area (Å²) < 4.78 is 26.3. The van der Waals surface area contributed by atoms with Gasteiger partial charge in [0.05, 0.1) is 5.69 Å². The molecule has 1 amide bonds. The van der Waals surface area contributed by atoms with E-state index in [1.165, 1.54) is 0 Å². The lowest BCUT2D eigenvalue weighted by atomic mass is 10.2. The molecule has 2 rings (SSSR count). The summed E-state index contributed by atoms with van der Waals surface area (Å²) in [4.78, 5) is 29.8. The van der Waals surface area contributed by atoms with Crippen LogP contribution < -0.4 is 5.32 Å². The maximum atomic E-state index is 13.4. The first-order chi connectivity index (χ1) is 9.49. The zero-order valence-corrected chi connectivity index (χ0v) is 9.80. The van der Waals surface area contributed by atoms with E-state index in [0.29, 0.717) is 0 Å². The molecule has 1 heterocycles. The number of carboxylic acids is 1. The molecular formula is C12H7F2N3O3. The number of carboxylic acid groups (broad SMARTS) is 1. The van der Waals surface area contributed by atoms with Gasteiger partial charge in [0.25, 0.3) is 5.91 Å². The van der Waals surface area contributed by atoms with Crippen LogP contribution in [0, 0.1) is 11.6 Å². The predicted molar refractivity (Wildman–Crippen MR) is 63.3 cm³/mol. The molecule has 20 heavy (non-hydrogen) atoms. The van der Waals surface area contributed by atoms with Crippen LogP contribution in [0.2, 0.25) is 0 Å². The molecule has 1 aromatic carbocycles. The topological polar surface area (TPSA) is 92.2 Å². The maximum Gasteiger partial charge on any atom is 0.356 e. The zero-order valence-electron chi connectivity index (χ0n) is 9.80. The first kappa shape index (κ1) is 13.5. The highest BCUT2D eigenvalue weighted by Gasteiger charge is 2.20. The molecule has 0 saturated heterocycles. The van der Waals surface area contributed by atoms with Crippen LogP contribution in [-0.2, 0) is 0 Å². The van der Waals surface area contributed by atoms with Gasteiger partial charge in [-0.25, -0.2) is 23.5 Å². The van der Waals surface area contributed by atoms with Crippen LogP contribution in [0.4, 0.5) is 14.5 Å². The normalized spacial score (nSPS) is 10.1. The molecule has 0 fully saturated rings. The van der Waals surface area contributed by atoms with Crippen LogP contribution in [0.15, 0.2) is 30.6 Å². The van der Waals surface area contributed by atoms with Crippen molar-refractivity contribution in [2.24, 2.45) is 0 Å². The van der Waals surface area contributed by atoms with Gasteiger partial charge in [0.1, 0.15) is 11.6 Å². The molecule has 0 bridgehead atoms. The third-order valence-corrected chi connectivity index (χ3v) is 2.29. The lowest BCUT2D eigenvalue weighted by Gasteiger charge is -2.07. The summed E-state index contributed by atoms with van der Waals surface area (Å²) in [7, 11) is 0. The van der Waals surface area contributed by atoms with Gasteiger partial charge in [0.2, 0.25) is 0 Å². The number of aromatic carboxylic acids is 1. The Kier molecular flexibility index (Phi) is 3.65. The first-order valence-corrected chi connectivity index (χ1v) is 5.29. The Morgan fingerprint density at radius 1 is 1.10 bits per heavy atom. The molecule has 2 N–H and O–H groups in total. The molecule has 0 spiro atoms. The number of carbonyl (C=O) groups is 2. The number of benzene rings is 1. The second-order valence-corrected chi connectivity index (χ2v) is 3.64. The Morgan fingerprint density at radius 3 is 2.40 bits per heavy atom. The van der Waals surface area contributed by atoms with Gasteiger partial charge in [-0.15, -0.1) is 0 Å². The summed E-state index contributed by atoms with van der Waals surface area (Å²) >= 11 is 0. The molecule has 0 aliphatic rings. The van der Waals surface area contributed by atoms with Crippen molar-refractivity contribution in [2.75, 3.05) is 5.32 Å². The fraction of sp³-hybridized carbons (Fsp3) is 0. The summed E-state index contributed by atoms with van der Waals surface area (Å²) in [6.45, 7) is 0.